The van der Waals surface area contributed by atoms with Crippen LogP contribution in [0, 0.1) is 5.92 Å². The maximum atomic E-state index is 12.7. The monoisotopic (exact) mass is 422 g/mol. The largest absolute Gasteiger partial charge is 0.462 e. The number of hydrogen-bond donors (Lipinski definition) is 0. The Labute approximate surface area is 185 Å². The van der Waals surface area contributed by atoms with Crippen LogP contribution in [-0.2, 0) is 29.0 Å². The zero-order valence-electron chi connectivity index (χ0n) is 17.5. The number of rotatable bonds is 5. The number of hydrogen-bond acceptors (Lipinski definition) is 4. The first kappa shape index (κ1) is 18.8. The quantitative estimate of drug-likeness (QED) is 0.460. The molecule has 1 unspecified atom stereocenters. The van der Waals surface area contributed by atoms with Gasteiger partial charge in [0.05, 0.1) is 41.9 Å². The van der Waals surface area contributed by atoms with Gasteiger partial charge in [0, 0.05) is 37.2 Å². The fourth-order valence-electron chi connectivity index (χ4n) is 4.72. The minimum Gasteiger partial charge on any atom is -0.462 e. The molecule has 0 amide bonds. The highest BCUT2D eigenvalue weighted by molar-refractivity contribution is 6.03. The second-order valence-electron chi connectivity index (χ2n) is 8.36. The molecule has 1 atom stereocenters. The molecule has 1 aliphatic carbocycles. The van der Waals surface area contributed by atoms with Crippen molar-refractivity contribution in [3.8, 4) is 0 Å². The van der Waals surface area contributed by atoms with Gasteiger partial charge in [-0.25, -0.2) is 14.8 Å². The molecule has 0 N–H and O–H groups in total. The van der Waals surface area contributed by atoms with Crippen LogP contribution in [0.1, 0.15) is 28.2 Å². The summed E-state index contributed by atoms with van der Waals surface area (Å²) < 4.78 is 9.63. The number of cyclic esters (lactones) is 1. The molecule has 1 fully saturated rings. The SMILES string of the molecule is O=C1OCC2Cc3ncn(Cc4ccccc4)c3C(c3cn(Cc4ccccc4)cn3)=C12. The lowest BCUT2D eigenvalue weighted by Gasteiger charge is -2.21. The van der Waals surface area contributed by atoms with Crippen molar-refractivity contribution in [1.29, 1.82) is 0 Å². The topological polar surface area (TPSA) is 61.9 Å². The summed E-state index contributed by atoms with van der Waals surface area (Å²) in [5.41, 5.74) is 6.74. The lowest BCUT2D eigenvalue weighted by atomic mass is 9.83. The van der Waals surface area contributed by atoms with E-state index in [9.17, 15) is 4.79 Å². The number of aromatic nitrogens is 4. The van der Waals surface area contributed by atoms with E-state index in [1.807, 2.05) is 55.2 Å². The highest BCUT2D eigenvalue weighted by Crippen LogP contribution is 2.41. The van der Waals surface area contributed by atoms with Gasteiger partial charge in [-0.2, -0.15) is 0 Å². The molecule has 0 spiro atoms. The predicted molar refractivity (Wildman–Crippen MR) is 120 cm³/mol. The van der Waals surface area contributed by atoms with Crippen molar-refractivity contribution in [2.24, 2.45) is 5.92 Å². The Morgan fingerprint density at radius 2 is 1.62 bits per heavy atom. The van der Waals surface area contributed by atoms with Gasteiger partial charge in [0.25, 0.3) is 0 Å². The van der Waals surface area contributed by atoms with Gasteiger partial charge in [-0.05, 0) is 11.1 Å². The maximum absolute atomic E-state index is 12.7. The smallest absolute Gasteiger partial charge is 0.335 e. The van der Waals surface area contributed by atoms with Crippen molar-refractivity contribution >= 4 is 11.5 Å². The maximum Gasteiger partial charge on any atom is 0.335 e. The highest BCUT2D eigenvalue weighted by atomic mass is 16.5. The summed E-state index contributed by atoms with van der Waals surface area (Å²) in [6, 6.07) is 20.6. The molecule has 0 saturated carbocycles. The van der Waals surface area contributed by atoms with Gasteiger partial charge in [0.1, 0.15) is 0 Å². The third-order valence-corrected chi connectivity index (χ3v) is 6.20. The summed E-state index contributed by atoms with van der Waals surface area (Å²) in [6.45, 7) is 1.82. The Hall–Kier alpha value is -3.93. The van der Waals surface area contributed by atoms with Crippen molar-refractivity contribution in [3.05, 3.63) is 113 Å². The predicted octanol–water partition coefficient (Wildman–Crippen LogP) is 3.71. The molecule has 158 valence electrons. The van der Waals surface area contributed by atoms with Crippen molar-refractivity contribution in [3.63, 3.8) is 0 Å². The average Bonchev–Trinajstić information content (AvgIpc) is 3.54. The molecule has 1 aliphatic heterocycles. The third kappa shape index (κ3) is 3.24. The zero-order chi connectivity index (χ0) is 21.5. The average molecular weight is 422 g/mol. The molecule has 6 rings (SSSR count). The minimum atomic E-state index is -0.235. The van der Waals surface area contributed by atoms with Gasteiger partial charge in [-0.15, -0.1) is 0 Å². The Morgan fingerprint density at radius 3 is 2.38 bits per heavy atom. The second kappa shape index (κ2) is 7.64. The van der Waals surface area contributed by atoms with Crippen LogP contribution in [0.2, 0.25) is 0 Å². The summed E-state index contributed by atoms with van der Waals surface area (Å²) in [6.07, 6.45) is 6.45. The van der Waals surface area contributed by atoms with Crippen LogP contribution in [0.4, 0.5) is 0 Å². The van der Waals surface area contributed by atoms with Crippen LogP contribution in [0.5, 0.6) is 0 Å². The molecule has 0 radical (unpaired) electrons. The summed E-state index contributed by atoms with van der Waals surface area (Å²) in [5, 5.41) is 0. The molecule has 1 saturated heterocycles. The van der Waals surface area contributed by atoms with Gasteiger partial charge >= 0.3 is 5.97 Å². The number of nitrogens with zero attached hydrogens (tertiary/aromatic N) is 4. The third-order valence-electron chi connectivity index (χ3n) is 6.20. The van der Waals surface area contributed by atoms with Gasteiger partial charge in [-0.1, -0.05) is 60.7 Å². The fraction of sp³-hybridized carbons (Fsp3) is 0.192. The van der Waals surface area contributed by atoms with Crippen LogP contribution in [-0.4, -0.2) is 31.7 Å². The van der Waals surface area contributed by atoms with Crippen LogP contribution < -0.4 is 0 Å². The number of fused-ring (bicyclic) bond motifs is 2. The van der Waals surface area contributed by atoms with E-state index >= 15 is 0 Å². The van der Waals surface area contributed by atoms with Crippen molar-refractivity contribution in [1.82, 2.24) is 19.1 Å². The second-order valence-corrected chi connectivity index (χ2v) is 8.36. The summed E-state index contributed by atoms with van der Waals surface area (Å²) in [7, 11) is 0. The molecule has 6 heteroatoms. The van der Waals surface area contributed by atoms with E-state index in [1.54, 1.807) is 0 Å². The van der Waals surface area contributed by atoms with E-state index in [0.29, 0.717) is 19.6 Å². The van der Waals surface area contributed by atoms with E-state index in [0.717, 1.165) is 34.8 Å². The molecule has 2 aromatic heterocycles. The molecular weight excluding hydrogens is 400 g/mol. The first-order valence-corrected chi connectivity index (χ1v) is 10.8. The first-order valence-electron chi connectivity index (χ1n) is 10.8. The first-order chi connectivity index (χ1) is 15.8. The lowest BCUT2D eigenvalue weighted by molar-refractivity contribution is -0.135. The van der Waals surface area contributed by atoms with Crippen molar-refractivity contribution < 1.29 is 9.53 Å². The number of esters is 1. The molecule has 0 bridgehead atoms. The minimum absolute atomic E-state index is 0.0318. The number of benzene rings is 2. The standard InChI is InChI=1S/C26H22N4O2/c31-26-23-20(15-32-26)11-21-25(30(17-28-21)13-19-9-5-2-6-10-19)24(23)22-14-29(16-27-22)12-18-7-3-1-4-8-18/h1-10,14,16-17,20H,11-13,15H2. The van der Waals surface area contributed by atoms with Crippen molar-refractivity contribution in [2.45, 2.75) is 19.5 Å². The number of ether oxygens (including phenoxy) is 1. The van der Waals surface area contributed by atoms with E-state index in [-0.39, 0.29) is 11.9 Å². The van der Waals surface area contributed by atoms with Crippen LogP contribution >= 0.6 is 0 Å². The van der Waals surface area contributed by atoms with Crippen LogP contribution in [0.25, 0.3) is 5.57 Å². The van der Waals surface area contributed by atoms with Crippen LogP contribution in [0.3, 0.4) is 0 Å². The van der Waals surface area contributed by atoms with Gasteiger partial charge in [-0.3, -0.25) is 0 Å². The molecule has 3 heterocycles. The lowest BCUT2D eigenvalue weighted by Crippen LogP contribution is -2.19. The van der Waals surface area contributed by atoms with Crippen molar-refractivity contribution in [2.75, 3.05) is 6.61 Å². The van der Waals surface area contributed by atoms with E-state index < -0.39 is 0 Å². The zero-order valence-corrected chi connectivity index (χ0v) is 17.5. The van der Waals surface area contributed by atoms with Gasteiger partial charge in [0.2, 0.25) is 0 Å². The van der Waals surface area contributed by atoms with E-state index in [1.165, 1.54) is 11.1 Å². The normalized spacial score (nSPS) is 17.2. The molecule has 4 aromatic rings. The number of imidazole rings is 2. The number of carbonyl (C=O) groups is 1. The van der Waals surface area contributed by atoms with Crippen LogP contribution in [0.15, 0.2) is 85.1 Å². The number of carbonyl (C=O) groups excluding carboxylic acids is 1. The molecule has 2 aromatic carbocycles. The Balaban J connectivity index is 1.44. The fourth-order valence-corrected chi connectivity index (χ4v) is 4.72. The van der Waals surface area contributed by atoms with Gasteiger partial charge in [0.15, 0.2) is 0 Å². The molecule has 32 heavy (non-hydrogen) atoms. The van der Waals surface area contributed by atoms with E-state index in [4.69, 9.17) is 14.7 Å². The summed E-state index contributed by atoms with van der Waals surface area (Å²) in [4.78, 5) is 22.2. The van der Waals surface area contributed by atoms with Gasteiger partial charge < -0.3 is 13.9 Å². The summed E-state index contributed by atoms with van der Waals surface area (Å²) in [5.74, 6) is -0.204. The Bertz CT molecular complexity index is 1320. The van der Waals surface area contributed by atoms with E-state index in [2.05, 4.69) is 33.4 Å². The molecule has 6 nitrogen and oxygen atoms in total. The Morgan fingerprint density at radius 1 is 0.906 bits per heavy atom. The highest BCUT2D eigenvalue weighted by Gasteiger charge is 2.41. The Kier molecular flexibility index (Phi) is 4.49. The molecular formula is C26H22N4O2. The summed E-state index contributed by atoms with van der Waals surface area (Å²) >= 11 is 0. The molecule has 2 aliphatic rings.